The summed E-state index contributed by atoms with van der Waals surface area (Å²) in [6.45, 7) is 3.50. The number of aromatic hydroxyl groups is 1. The summed E-state index contributed by atoms with van der Waals surface area (Å²) < 4.78 is 19.1. The number of pyridine rings is 1. The van der Waals surface area contributed by atoms with Crippen molar-refractivity contribution in [3.63, 3.8) is 0 Å². The molecule has 8 heteroatoms. The summed E-state index contributed by atoms with van der Waals surface area (Å²) in [6, 6.07) is 0. The highest BCUT2D eigenvalue weighted by molar-refractivity contribution is 6.31. The lowest BCUT2D eigenvalue weighted by Crippen LogP contribution is -2.08. The lowest BCUT2D eigenvalue weighted by atomic mass is 10.3. The molecule has 2 rings (SSSR count). The molecule has 0 aliphatic carbocycles. The van der Waals surface area contributed by atoms with Crippen LogP contribution in [-0.2, 0) is 0 Å². The van der Waals surface area contributed by atoms with E-state index in [0.29, 0.717) is 0 Å². The molecule has 0 fully saturated rings. The molecule has 0 saturated carbocycles. The molecular weight excluding hydrogens is 284 g/mol. The molecule has 1 N–H and O–H groups in total. The van der Waals surface area contributed by atoms with Crippen molar-refractivity contribution in [2.24, 2.45) is 0 Å². The third kappa shape index (κ3) is 2.26. The molecule has 2 heterocycles. The number of hydrogen-bond donors (Lipinski definition) is 1. The van der Waals surface area contributed by atoms with E-state index in [9.17, 15) is 9.50 Å². The Kier molecular flexibility index (Phi) is 3.41. The van der Waals surface area contributed by atoms with Crippen LogP contribution in [0, 0.1) is 5.82 Å². The van der Waals surface area contributed by atoms with Gasteiger partial charge in [0.2, 0.25) is 17.0 Å². The van der Waals surface area contributed by atoms with Gasteiger partial charge in [-0.3, -0.25) is 0 Å². The van der Waals surface area contributed by atoms with Gasteiger partial charge in [0, 0.05) is 0 Å². The van der Waals surface area contributed by atoms with Crippen LogP contribution in [0.3, 0.4) is 0 Å². The Hall–Kier alpha value is -1.40. The molecule has 2 aromatic heterocycles. The minimum Gasteiger partial charge on any atom is -0.493 e. The van der Waals surface area contributed by atoms with Crippen molar-refractivity contribution in [1.82, 2.24) is 15.0 Å². The molecule has 0 spiro atoms. The summed E-state index contributed by atoms with van der Waals surface area (Å²) in [4.78, 5) is 10.9. The Balaban J connectivity index is 2.83. The van der Waals surface area contributed by atoms with Crippen molar-refractivity contribution < 1.29 is 14.2 Å². The fraction of sp³-hybridized carbons (Fsp3) is 0.300. The van der Waals surface area contributed by atoms with Gasteiger partial charge in [-0.1, -0.05) is 11.6 Å². The van der Waals surface area contributed by atoms with Gasteiger partial charge in [0.1, 0.15) is 10.9 Å². The van der Waals surface area contributed by atoms with E-state index in [1.165, 1.54) is 0 Å². The minimum absolute atomic E-state index is 0.0411. The maximum Gasteiger partial charge on any atom is 0.230 e. The molecule has 18 heavy (non-hydrogen) atoms. The SMILES string of the molecule is CC(C)Oc1nc(Cl)c(F)c2nc(Cl)nc(O)c12. The van der Waals surface area contributed by atoms with Gasteiger partial charge in [-0.15, -0.1) is 0 Å². The average molecular weight is 292 g/mol. The van der Waals surface area contributed by atoms with E-state index in [4.69, 9.17) is 27.9 Å². The first-order chi connectivity index (χ1) is 8.40. The predicted octanol–water partition coefficient (Wildman–Crippen LogP) is 2.96. The number of hydrogen-bond acceptors (Lipinski definition) is 5. The summed E-state index contributed by atoms with van der Waals surface area (Å²) in [5.74, 6) is -1.44. The van der Waals surface area contributed by atoms with E-state index in [0.717, 1.165) is 0 Å². The first-order valence-electron chi connectivity index (χ1n) is 4.98. The van der Waals surface area contributed by atoms with Crippen molar-refractivity contribution in [3.05, 3.63) is 16.3 Å². The molecule has 2 aromatic rings. The monoisotopic (exact) mass is 291 g/mol. The zero-order valence-electron chi connectivity index (χ0n) is 9.41. The van der Waals surface area contributed by atoms with Crippen molar-refractivity contribution in [1.29, 1.82) is 0 Å². The molecular formula is C10H8Cl2FN3O2. The fourth-order valence-electron chi connectivity index (χ4n) is 1.38. The summed E-state index contributed by atoms with van der Waals surface area (Å²) in [6.07, 6.45) is -0.239. The number of ether oxygens (including phenoxy) is 1. The maximum absolute atomic E-state index is 13.8. The van der Waals surface area contributed by atoms with Crippen LogP contribution in [0.5, 0.6) is 11.8 Å². The topological polar surface area (TPSA) is 68.1 Å². The Morgan fingerprint density at radius 1 is 1.22 bits per heavy atom. The molecule has 0 amide bonds. The molecule has 0 saturated heterocycles. The van der Waals surface area contributed by atoms with Crippen molar-refractivity contribution in [2.45, 2.75) is 20.0 Å². The summed E-state index contributed by atoms with van der Waals surface area (Å²) in [7, 11) is 0. The standard InChI is InChI=1S/C10H8Cl2FN3O2/c1-3(2)18-9-4-6(5(13)7(11)15-9)14-10(12)16-8(4)17/h3H,1-2H3,(H,14,16,17). The van der Waals surface area contributed by atoms with Gasteiger partial charge in [-0.05, 0) is 25.4 Å². The first-order valence-corrected chi connectivity index (χ1v) is 5.73. The summed E-state index contributed by atoms with van der Waals surface area (Å²) >= 11 is 11.2. The van der Waals surface area contributed by atoms with E-state index in [1.54, 1.807) is 13.8 Å². The zero-order valence-corrected chi connectivity index (χ0v) is 10.9. The van der Waals surface area contributed by atoms with E-state index in [1.807, 2.05) is 0 Å². The zero-order chi connectivity index (χ0) is 13.4. The highest BCUT2D eigenvalue weighted by Gasteiger charge is 2.20. The Bertz CT molecular complexity index is 622. The molecule has 0 aromatic carbocycles. The Morgan fingerprint density at radius 3 is 2.50 bits per heavy atom. The fourth-order valence-corrected chi connectivity index (χ4v) is 1.71. The Labute approximate surface area is 112 Å². The minimum atomic E-state index is -0.887. The molecule has 0 aliphatic heterocycles. The van der Waals surface area contributed by atoms with Gasteiger partial charge >= 0.3 is 0 Å². The van der Waals surface area contributed by atoms with Crippen LogP contribution in [0.4, 0.5) is 4.39 Å². The molecule has 96 valence electrons. The van der Waals surface area contributed by atoms with Gasteiger partial charge in [0.25, 0.3) is 0 Å². The van der Waals surface area contributed by atoms with Crippen LogP contribution >= 0.6 is 23.2 Å². The van der Waals surface area contributed by atoms with Gasteiger partial charge in [0.05, 0.1) is 6.10 Å². The number of aromatic nitrogens is 3. The van der Waals surface area contributed by atoms with Gasteiger partial charge in [-0.2, -0.15) is 9.97 Å². The quantitative estimate of drug-likeness (QED) is 0.680. The van der Waals surface area contributed by atoms with E-state index >= 15 is 0 Å². The smallest absolute Gasteiger partial charge is 0.230 e. The number of fused-ring (bicyclic) bond motifs is 1. The molecule has 0 unspecified atom stereocenters. The van der Waals surface area contributed by atoms with E-state index in [2.05, 4.69) is 15.0 Å². The molecule has 0 atom stereocenters. The van der Waals surface area contributed by atoms with Gasteiger partial charge in [0.15, 0.2) is 11.0 Å². The van der Waals surface area contributed by atoms with E-state index in [-0.39, 0.29) is 28.2 Å². The molecule has 5 nitrogen and oxygen atoms in total. The third-order valence-electron chi connectivity index (χ3n) is 2.01. The highest BCUT2D eigenvalue weighted by atomic mass is 35.5. The third-order valence-corrected chi connectivity index (χ3v) is 2.43. The largest absolute Gasteiger partial charge is 0.493 e. The number of halogens is 3. The normalized spacial score (nSPS) is 11.2. The Morgan fingerprint density at radius 2 is 1.89 bits per heavy atom. The van der Waals surface area contributed by atoms with Crippen LogP contribution < -0.4 is 4.74 Å². The van der Waals surface area contributed by atoms with Crippen LogP contribution in [0.1, 0.15) is 13.8 Å². The second-order valence-corrected chi connectivity index (χ2v) is 4.42. The molecule has 0 radical (unpaired) electrons. The van der Waals surface area contributed by atoms with Gasteiger partial charge < -0.3 is 9.84 Å². The molecule has 0 aliphatic rings. The van der Waals surface area contributed by atoms with Crippen molar-refractivity contribution >= 4 is 34.1 Å². The number of rotatable bonds is 2. The number of nitrogens with zero attached hydrogens (tertiary/aromatic N) is 3. The van der Waals surface area contributed by atoms with E-state index < -0.39 is 16.9 Å². The van der Waals surface area contributed by atoms with Crippen LogP contribution in [-0.4, -0.2) is 26.2 Å². The maximum atomic E-state index is 13.8. The second-order valence-electron chi connectivity index (χ2n) is 3.73. The van der Waals surface area contributed by atoms with Crippen LogP contribution in [0.2, 0.25) is 10.4 Å². The predicted molar refractivity (Wildman–Crippen MR) is 64.7 cm³/mol. The van der Waals surface area contributed by atoms with Gasteiger partial charge in [-0.25, -0.2) is 9.37 Å². The lowest BCUT2D eigenvalue weighted by Gasteiger charge is -2.12. The average Bonchev–Trinajstić information content (AvgIpc) is 2.23. The first kappa shape index (κ1) is 13.0. The summed E-state index contributed by atoms with van der Waals surface area (Å²) in [5.41, 5.74) is -0.233. The lowest BCUT2D eigenvalue weighted by molar-refractivity contribution is 0.235. The van der Waals surface area contributed by atoms with Crippen molar-refractivity contribution in [2.75, 3.05) is 0 Å². The highest BCUT2D eigenvalue weighted by Crippen LogP contribution is 2.35. The van der Waals surface area contributed by atoms with Crippen LogP contribution in [0.25, 0.3) is 10.9 Å². The van der Waals surface area contributed by atoms with Crippen LogP contribution in [0.15, 0.2) is 0 Å². The van der Waals surface area contributed by atoms with Crippen molar-refractivity contribution in [3.8, 4) is 11.8 Å². The summed E-state index contributed by atoms with van der Waals surface area (Å²) in [5, 5.41) is 8.93. The second kappa shape index (κ2) is 4.70. The molecule has 0 bridgehead atoms.